The summed E-state index contributed by atoms with van der Waals surface area (Å²) in [5.41, 5.74) is 2.82. The molecule has 0 spiro atoms. The molecule has 0 aliphatic heterocycles. The normalized spacial score (nSPS) is 11.1. The Morgan fingerprint density at radius 2 is 2.00 bits per heavy atom. The Morgan fingerprint density at radius 3 is 2.93 bits per heavy atom. The summed E-state index contributed by atoms with van der Waals surface area (Å²) in [6.45, 7) is 1.25. The van der Waals surface area contributed by atoms with Crippen molar-refractivity contribution in [3.63, 3.8) is 0 Å². The number of fused-ring (bicyclic) bond motifs is 1. The van der Waals surface area contributed by atoms with E-state index in [0.29, 0.717) is 13.2 Å². The lowest BCUT2D eigenvalue weighted by Gasteiger charge is -2.10. The largest absolute Gasteiger partial charge is 0.492 e. The summed E-state index contributed by atoms with van der Waals surface area (Å²) < 4.78 is 9.77. The lowest BCUT2D eigenvalue weighted by atomic mass is 10.2. The molecule has 0 unspecified atom stereocenters. The van der Waals surface area contributed by atoms with Gasteiger partial charge < -0.3 is 9.72 Å². The molecule has 7 nitrogen and oxygen atoms in total. The van der Waals surface area contributed by atoms with E-state index in [4.69, 9.17) is 4.74 Å². The highest BCUT2D eigenvalue weighted by atomic mass is 16.5. The molecule has 28 heavy (non-hydrogen) atoms. The van der Waals surface area contributed by atoms with Crippen LogP contribution in [-0.2, 0) is 6.54 Å². The van der Waals surface area contributed by atoms with Gasteiger partial charge in [0.15, 0.2) is 0 Å². The summed E-state index contributed by atoms with van der Waals surface area (Å²) in [7, 11) is 0. The average Bonchev–Trinajstić information content (AvgIpc) is 3.48. The maximum Gasteiger partial charge on any atom is 0.144 e. The highest BCUT2D eigenvalue weighted by Gasteiger charge is 2.10. The van der Waals surface area contributed by atoms with E-state index in [9.17, 15) is 0 Å². The van der Waals surface area contributed by atoms with Gasteiger partial charge in [-0.05, 0) is 30.3 Å². The molecule has 1 aromatic carbocycles. The van der Waals surface area contributed by atoms with Crippen LogP contribution in [-0.4, -0.2) is 35.9 Å². The van der Waals surface area contributed by atoms with Gasteiger partial charge in [0.2, 0.25) is 0 Å². The summed E-state index contributed by atoms with van der Waals surface area (Å²) in [6, 6.07) is 14.0. The van der Waals surface area contributed by atoms with Gasteiger partial charge in [-0.1, -0.05) is 12.1 Å². The van der Waals surface area contributed by atoms with Crippen LogP contribution in [0.4, 0.5) is 0 Å². The highest BCUT2D eigenvalue weighted by Crippen LogP contribution is 2.26. The van der Waals surface area contributed by atoms with E-state index in [1.54, 1.807) is 12.4 Å². The van der Waals surface area contributed by atoms with Gasteiger partial charge in [-0.3, -0.25) is 9.25 Å². The summed E-state index contributed by atoms with van der Waals surface area (Å²) in [5.74, 6) is 1.65. The molecular weight excluding hydrogens is 352 g/mol. The molecule has 1 N–H and O–H groups in total. The van der Waals surface area contributed by atoms with Crippen LogP contribution in [0.3, 0.4) is 0 Å². The zero-order valence-corrected chi connectivity index (χ0v) is 15.1. The highest BCUT2D eigenvalue weighted by molar-refractivity contribution is 5.77. The van der Waals surface area contributed by atoms with Gasteiger partial charge in [0, 0.05) is 41.9 Å². The Balaban J connectivity index is 1.40. The molecule has 0 radical (unpaired) electrons. The van der Waals surface area contributed by atoms with E-state index in [1.807, 2.05) is 70.4 Å². The maximum atomic E-state index is 5.90. The Labute approximate surface area is 161 Å². The van der Waals surface area contributed by atoms with Crippen LogP contribution < -0.4 is 4.74 Å². The van der Waals surface area contributed by atoms with Crippen LogP contribution in [0.1, 0.15) is 0 Å². The van der Waals surface area contributed by atoms with E-state index >= 15 is 0 Å². The monoisotopic (exact) mass is 370 g/mol. The smallest absolute Gasteiger partial charge is 0.144 e. The number of ether oxygens (including phenoxy) is 1. The standard InChI is InChI=1S/C21H18N6O/c1-3-17(14-19(4-1)28-12-11-26-9-2-6-25-26)21-23-8-10-27(21)18-13-16-5-7-22-20(16)24-15-18/h1-10,13-15H,11-12H2,(H,22,24). The lowest BCUT2D eigenvalue weighted by Crippen LogP contribution is -2.08. The minimum atomic E-state index is 0.549. The van der Waals surface area contributed by atoms with E-state index in [0.717, 1.165) is 33.9 Å². The molecule has 0 bridgehead atoms. The third-order valence-electron chi connectivity index (χ3n) is 4.55. The molecule has 0 aliphatic carbocycles. The fourth-order valence-electron chi connectivity index (χ4n) is 3.20. The number of hydrogen-bond acceptors (Lipinski definition) is 4. The molecule has 0 amide bonds. The van der Waals surface area contributed by atoms with Gasteiger partial charge in [-0.25, -0.2) is 9.97 Å². The first-order chi connectivity index (χ1) is 13.9. The van der Waals surface area contributed by atoms with Crippen LogP contribution in [0.15, 0.2) is 79.6 Å². The van der Waals surface area contributed by atoms with Gasteiger partial charge in [0.05, 0.1) is 18.4 Å². The van der Waals surface area contributed by atoms with Crippen LogP contribution in [0, 0.1) is 0 Å². The van der Waals surface area contributed by atoms with Crippen molar-refractivity contribution in [1.82, 2.24) is 29.3 Å². The third kappa shape index (κ3) is 3.14. The van der Waals surface area contributed by atoms with Crippen molar-refractivity contribution in [1.29, 1.82) is 0 Å². The number of benzene rings is 1. The molecular formula is C21H18N6O. The van der Waals surface area contributed by atoms with Crippen LogP contribution in [0.2, 0.25) is 0 Å². The quantitative estimate of drug-likeness (QED) is 0.495. The number of nitrogens with zero attached hydrogens (tertiary/aromatic N) is 5. The Morgan fingerprint density at radius 1 is 1.00 bits per heavy atom. The van der Waals surface area contributed by atoms with Crippen LogP contribution in [0.5, 0.6) is 5.75 Å². The Bertz CT molecular complexity index is 1200. The third-order valence-corrected chi connectivity index (χ3v) is 4.55. The molecule has 5 rings (SSSR count). The van der Waals surface area contributed by atoms with Crippen molar-refractivity contribution in [2.45, 2.75) is 6.54 Å². The van der Waals surface area contributed by atoms with Crippen molar-refractivity contribution in [3.05, 3.63) is 79.6 Å². The van der Waals surface area contributed by atoms with Crippen LogP contribution in [0.25, 0.3) is 28.1 Å². The molecule has 0 atom stereocenters. The van der Waals surface area contributed by atoms with Crippen molar-refractivity contribution < 1.29 is 4.74 Å². The van der Waals surface area contributed by atoms with Crippen molar-refractivity contribution >= 4 is 11.0 Å². The summed E-state index contributed by atoms with van der Waals surface area (Å²) >= 11 is 0. The van der Waals surface area contributed by atoms with E-state index in [2.05, 4.69) is 26.1 Å². The second-order valence-corrected chi connectivity index (χ2v) is 6.38. The van der Waals surface area contributed by atoms with Crippen molar-refractivity contribution in [2.75, 3.05) is 6.61 Å². The molecule has 0 fully saturated rings. The predicted molar refractivity (Wildman–Crippen MR) is 106 cm³/mol. The minimum absolute atomic E-state index is 0.549. The van der Waals surface area contributed by atoms with E-state index in [1.165, 1.54) is 0 Å². The fraction of sp³-hybridized carbons (Fsp3) is 0.0952. The SMILES string of the molecule is c1cc(OCCn2cccn2)cc(-c2nccn2-c2cnc3[nH]ccc3c2)c1. The molecule has 0 saturated heterocycles. The second kappa shape index (κ2) is 7.03. The lowest BCUT2D eigenvalue weighted by molar-refractivity contribution is 0.291. The summed E-state index contributed by atoms with van der Waals surface area (Å²) in [6.07, 6.45) is 11.2. The van der Waals surface area contributed by atoms with Gasteiger partial charge in [-0.2, -0.15) is 5.10 Å². The van der Waals surface area contributed by atoms with Gasteiger partial charge in [-0.15, -0.1) is 0 Å². The van der Waals surface area contributed by atoms with Gasteiger partial charge >= 0.3 is 0 Å². The first kappa shape index (κ1) is 16.3. The average molecular weight is 370 g/mol. The number of aromatic amines is 1. The zero-order valence-electron chi connectivity index (χ0n) is 15.1. The molecule has 138 valence electrons. The van der Waals surface area contributed by atoms with Crippen LogP contribution >= 0.6 is 0 Å². The first-order valence-electron chi connectivity index (χ1n) is 9.04. The molecule has 7 heteroatoms. The Hall–Kier alpha value is -3.87. The topological polar surface area (TPSA) is 73.5 Å². The summed E-state index contributed by atoms with van der Waals surface area (Å²) in [4.78, 5) is 12.1. The Kier molecular flexibility index (Phi) is 4.10. The van der Waals surface area contributed by atoms with Gasteiger partial charge in [0.25, 0.3) is 0 Å². The summed E-state index contributed by atoms with van der Waals surface area (Å²) in [5, 5.41) is 5.25. The minimum Gasteiger partial charge on any atom is -0.492 e. The molecule has 5 aromatic rings. The van der Waals surface area contributed by atoms with Gasteiger partial charge in [0.1, 0.15) is 23.8 Å². The number of pyridine rings is 1. The predicted octanol–water partition coefficient (Wildman–Crippen LogP) is 3.69. The number of rotatable bonds is 6. The second-order valence-electron chi connectivity index (χ2n) is 6.38. The molecule has 0 aliphatic rings. The number of hydrogen-bond donors (Lipinski definition) is 1. The van der Waals surface area contributed by atoms with Crippen molar-refractivity contribution in [3.8, 4) is 22.8 Å². The first-order valence-corrected chi connectivity index (χ1v) is 9.04. The number of H-pyrrole nitrogens is 1. The fourth-order valence-corrected chi connectivity index (χ4v) is 3.20. The number of imidazole rings is 1. The molecule has 4 heterocycles. The number of aromatic nitrogens is 6. The van der Waals surface area contributed by atoms with E-state index in [-0.39, 0.29) is 0 Å². The van der Waals surface area contributed by atoms with Crippen molar-refractivity contribution in [2.24, 2.45) is 0 Å². The maximum absolute atomic E-state index is 5.90. The molecule has 4 aromatic heterocycles. The zero-order chi connectivity index (χ0) is 18.8. The van der Waals surface area contributed by atoms with E-state index < -0.39 is 0 Å². The molecule has 0 saturated carbocycles. The number of nitrogens with one attached hydrogen (secondary N) is 1.